The SMILES string of the molecule is COc1cccc(-c2cc(F)ccc2[C@H]2Cc3nc(N)nc(C)c3C(NOCC3OC(=O)C(O)C3O)=N2)n1. The summed E-state index contributed by atoms with van der Waals surface area (Å²) >= 11 is 0. The topological polar surface area (TPSA) is 174 Å². The lowest BCUT2D eigenvalue weighted by atomic mass is 9.91. The van der Waals surface area contributed by atoms with Gasteiger partial charge in [-0.25, -0.2) is 29.6 Å². The van der Waals surface area contributed by atoms with Gasteiger partial charge >= 0.3 is 5.97 Å². The number of nitrogens with two attached hydrogens (primary N) is 1. The van der Waals surface area contributed by atoms with Gasteiger partial charge in [-0.05, 0) is 30.7 Å². The monoisotopic (exact) mass is 524 g/mol. The van der Waals surface area contributed by atoms with Crippen molar-refractivity contribution in [1.29, 1.82) is 0 Å². The van der Waals surface area contributed by atoms with Crippen LogP contribution in [0.2, 0.25) is 0 Å². The number of pyridine rings is 1. The number of aromatic nitrogens is 3. The van der Waals surface area contributed by atoms with E-state index in [1.807, 2.05) is 0 Å². The van der Waals surface area contributed by atoms with Gasteiger partial charge in [-0.1, -0.05) is 12.1 Å². The number of rotatable bonds is 6. The Labute approximate surface area is 216 Å². The van der Waals surface area contributed by atoms with E-state index in [4.69, 9.17) is 25.0 Å². The lowest BCUT2D eigenvalue weighted by Crippen LogP contribution is -2.38. The van der Waals surface area contributed by atoms with Crippen LogP contribution in [-0.4, -0.2) is 69.0 Å². The number of carbonyl (C=O) groups excluding carboxylic acids is 1. The van der Waals surface area contributed by atoms with Crippen molar-refractivity contribution >= 4 is 17.8 Å². The molecule has 5 N–H and O–H groups in total. The molecule has 0 aliphatic carbocycles. The molecule has 0 saturated carbocycles. The summed E-state index contributed by atoms with van der Waals surface area (Å²) in [5.41, 5.74) is 12.1. The number of amidine groups is 1. The molecule has 2 aliphatic rings. The number of halogens is 1. The second-order valence-electron chi connectivity index (χ2n) is 8.81. The van der Waals surface area contributed by atoms with Gasteiger partial charge in [0.1, 0.15) is 18.5 Å². The number of aliphatic imine (C=N–C) groups is 1. The number of fused-ring (bicyclic) bond motifs is 1. The molecule has 1 saturated heterocycles. The molecule has 0 radical (unpaired) electrons. The van der Waals surface area contributed by atoms with Crippen molar-refractivity contribution in [1.82, 2.24) is 20.4 Å². The zero-order chi connectivity index (χ0) is 27.0. The number of nitrogen functional groups attached to an aromatic ring is 1. The lowest BCUT2D eigenvalue weighted by molar-refractivity contribution is -0.149. The van der Waals surface area contributed by atoms with Crippen molar-refractivity contribution in [2.24, 2.45) is 4.99 Å². The van der Waals surface area contributed by atoms with E-state index < -0.39 is 36.1 Å². The van der Waals surface area contributed by atoms with E-state index >= 15 is 0 Å². The Kier molecular flexibility index (Phi) is 6.89. The first kappa shape index (κ1) is 25.4. The van der Waals surface area contributed by atoms with Crippen molar-refractivity contribution in [2.75, 3.05) is 19.5 Å². The van der Waals surface area contributed by atoms with Gasteiger partial charge in [0.25, 0.3) is 0 Å². The van der Waals surface area contributed by atoms with Gasteiger partial charge in [-0.3, -0.25) is 9.83 Å². The van der Waals surface area contributed by atoms with Crippen molar-refractivity contribution < 1.29 is 33.7 Å². The standard InChI is InChI=1S/C25H25FN6O6/c1-11-20-17(31-25(27)28-11)9-16(30-23(20)32-37-10-18-21(33)22(34)24(35)38-18)13-7-6-12(26)8-14(13)15-4-3-5-19(29-15)36-2/h3-8,16,18,21-22,33-34H,9-10H2,1-2H3,(H,30,32)(H2,27,28,31)/t16-,18?,21?,22?/m1/s1. The first-order valence-electron chi connectivity index (χ1n) is 11.7. The minimum atomic E-state index is -1.64. The number of benzene rings is 1. The number of methoxy groups -OCH3 is 1. The number of aryl methyl sites for hydroxylation is 1. The van der Waals surface area contributed by atoms with Gasteiger partial charge in [-0.15, -0.1) is 0 Å². The van der Waals surface area contributed by atoms with E-state index in [2.05, 4.69) is 20.4 Å². The van der Waals surface area contributed by atoms with Crippen LogP contribution in [0.15, 0.2) is 41.4 Å². The Balaban J connectivity index is 1.49. The third-order valence-electron chi connectivity index (χ3n) is 6.30. The molecule has 0 amide bonds. The largest absolute Gasteiger partial charge is 0.481 e. The highest BCUT2D eigenvalue weighted by Crippen LogP contribution is 2.36. The number of cyclic esters (lactones) is 1. The molecule has 5 rings (SSSR count). The van der Waals surface area contributed by atoms with Gasteiger partial charge in [0, 0.05) is 18.1 Å². The van der Waals surface area contributed by atoms with Crippen LogP contribution < -0.4 is 16.0 Å². The van der Waals surface area contributed by atoms with Crippen LogP contribution in [0.4, 0.5) is 10.3 Å². The molecule has 4 heterocycles. The van der Waals surface area contributed by atoms with Crippen LogP contribution >= 0.6 is 0 Å². The van der Waals surface area contributed by atoms with E-state index in [-0.39, 0.29) is 18.4 Å². The molecule has 13 heteroatoms. The summed E-state index contributed by atoms with van der Waals surface area (Å²) in [6.07, 6.45) is -3.81. The second-order valence-corrected chi connectivity index (χ2v) is 8.81. The highest BCUT2D eigenvalue weighted by molar-refractivity contribution is 6.01. The quantitative estimate of drug-likeness (QED) is 0.265. The van der Waals surface area contributed by atoms with Crippen LogP contribution in [0.1, 0.15) is 28.6 Å². The van der Waals surface area contributed by atoms with Crippen molar-refractivity contribution in [2.45, 2.75) is 37.7 Å². The molecule has 2 aliphatic heterocycles. The van der Waals surface area contributed by atoms with Gasteiger partial charge in [0.2, 0.25) is 11.8 Å². The number of hydrogen-bond acceptors (Lipinski definition) is 12. The van der Waals surface area contributed by atoms with Crippen molar-refractivity contribution in [3.05, 3.63) is 64.7 Å². The molecule has 3 aromatic rings. The maximum atomic E-state index is 14.4. The Morgan fingerprint density at radius 3 is 2.76 bits per heavy atom. The molecule has 12 nitrogen and oxygen atoms in total. The maximum Gasteiger partial charge on any atom is 0.338 e. The predicted molar refractivity (Wildman–Crippen MR) is 131 cm³/mol. The fourth-order valence-electron chi connectivity index (χ4n) is 4.49. The van der Waals surface area contributed by atoms with E-state index in [0.717, 1.165) is 0 Å². The van der Waals surface area contributed by atoms with Gasteiger partial charge in [0.15, 0.2) is 18.0 Å². The van der Waals surface area contributed by atoms with E-state index in [0.29, 0.717) is 46.1 Å². The summed E-state index contributed by atoms with van der Waals surface area (Å²) < 4.78 is 24.5. The second kappa shape index (κ2) is 10.3. The van der Waals surface area contributed by atoms with Crippen molar-refractivity contribution in [3.63, 3.8) is 0 Å². The fourth-order valence-corrected chi connectivity index (χ4v) is 4.49. The molecule has 4 atom stereocenters. The third kappa shape index (κ3) is 4.86. The molecular formula is C25H25FN6O6. The number of carbonyl (C=O) groups is 1. The van der Waals surface area contributed by atoms with Gasteiger partial charge < -0.3 is 25.4 Å². The molecular weight excluding hydrogens is 499 g/mol. The zero-order valence-corrected chi connectivity index (χ0v) is 20.5. The molecule has 1 fully saturated rings. The molecule has 1 aromatic carbocycles. The zero-order valence-electron chi connectivity index (χ0n) is 20.5. The molecule has 38 heavy (non-hydrogen) atoms. The van der Waals surface area contributed by atoms with Crippen LogP contribution in [0.3, 0.4) is 0 Å². The number of aliphatic hydroxyl groups excluding tert-OH is 2. The number of anilines is 1. The van der Waals surface area contributed by atoms with Gasteiger partial charge in [-0.2, -0.15) is 0 Å². The number of hydroxylamine groups is 1. The minimum absolute atomic E-state index is 0.0888. The number of nitrogens with zero attached hydrogens (tertiary/aromatic N) is 4. The Morgan fingerprint density at radius 1 is 1.21 bits per heavy atom. The first-order valence-corrected chi connectivity index (χ1v) is 11.7. The summed E-state index contributed by atoms with van der Waals surface area (Å²) in [6.45, 7) is 1.48. The number of ether oxygens (including phenoxy) is 2. The summed E-state index contributed by atoms with van der Waals surface area (Å²) in [4.78, 5) is 34.9. The fraction of sp³-hybridized carbons (Fsp3) is 0.320. The van der Waals surface area contributed by atoms with Crippen LogP contribution in [0.5, 0.6) is 5.88 Å². The van der Waals surface area contributed by atoms with Gasteiger partial charge in [0.05, 0.1) is 35.8 Å². The lowest BCUT2D eigenvalue weighted by Gasteiger charge is -2.26. The average Bonchev–Trinajstić information content (AvgIpc) is 3.14. The smallest absolute Gasteiger partial charge is 0.338 e. The molecule has 3 unspecified atom stereocenters. The summed E-state index contributed by atoms with van der Waals surface area (Å²) in [5.74, 6) is -0.638. The average molecular weight is 525 g/mol. The molecule has 2 aromatic heterocycles. The van der Waals surface area contributed by atoms with Crippen LogP contribution in [-0.2, 0) is 20.8 Å². The third-order valence-corrected chi connectivity index (χ3v) is 6.30. The Hall–Kier alpha value is -4.20. The number of hydrogen-bond donors (Lipinski definition) is 4. The van der Waals surface area contributed by atoms with E-state index in [9.17, 15) is 19.4 Å². The normalized spacial score (nSPS) is 22.4. The predicted octanol–water partition coefficient (Wildman–Crippen LogP) is 0.789. The molecule has 0 bridgehead atoms. The maximum absolute atomic E-state index is 14.4. The van der Waals surface area contributed by atoms with Crippen molar-refractivity contribution in [3.8, 4) is 17.1 Å². The Morgan fingerprint density at radius 2 is 2.03 bits per heavy atom. The summed E-state index contributed by atoms with van der Waals surface area (Å²) in [5, 5.41) is 19.6. The van der Waals surface area contributed by atoms with E-state index in [1.54, 1.807) is 31.2 Å². The highest BCUT2D eigenvalue weighted by Gasteiger charge is 2.43. The van der Waals surface area contributed by atoms with E-state index in [1.165, 1.54) is 19.2 Å². The van der Waals surface area contributed by atoms with Crippen LogP contribution in [0, 0.1) is 12.7 Å². The highest BCUT2D eigenvalue weighted by atomic mass is 19.1. The Bertz CT molecular complexity index is 1420. The number of nitrogens with one attached hydrogen (secondary N) is 1. The minimum Gasteiger partial charge on any atom is -0.481 e. The first-order chi connectivity index (χ1) is 18.2. The molecule has 0 spiro atoms. The van der Waals surface area contributed by atoms with Crippen LogP contribution in [0.25, 0.3) is 11.3 Å². The molecule has 198 valence electrons. The summed E-state index contributed by atoms with van der Waals surface area (Å²) in [7, 11) is 1.50. The number of esters is 1. The summed E-state index contributed by atoms with van der Waals surface area (Å²) in [6, 6.07) is 9.02. The number of aliphatic hydroxyl groups is 2.